The molecule has 0 saturated carbocycles. The van der Waals surface area contributed by atoms with Gasteiger partial charge in [0.1, 0.15) is 11.6 Å². The van der Waals surface area contributed by atoms with Crippen LogP contribution in [0.1, 0.15) is 12.8 Å². The smallest absolute Gasteiger partial charge is 0.333 e. The van der Waals surface area contributed by atoms with E-state index in [-0.39, 0.29) is 24.5 Å². The molecule has 5 rings (SSSR count). The molecule has 3 aliphatic heterocycles. The summed E-state index contributed by atoms with van der Waals surface area (Å²) in [5.74, 6) is -0.136. The van der Waals surface area contributed by atoms with Crippen LogP contribution in [0, 0.1) is 0 Å². The van der Waals surface area contributed by atoms with Gasteiger partial charge in [-0.05, 0) is 17.1 Å². The molecule has 0 aliphatic carbocycles. The topological polar surface area (TPSA) is 98.4 Å². The number of thiazole rings is 1. The first-order valence-corrected chi connectivity index (χ1v) is 11.7. The second kappa shape index (κ2) is 8.38. The van der Waals surface area contributed by atoms with Gasteiger partial charge >= 0.3 is 6.03 Å². The number of fused-ring (bicyclic) bond motifs is 2. The lowest BCUT2D eigenvalue weighted by atomic mass is 10.1. The summed E-state index contributed by atoms with van der Waals surface area (Å²) in [5.41, 5.74) is 0.741. The molecular weight excluding hydrogens is 468 g/mol. The highest BCUT2D eigenvalue weighted by atomic mass is 35.5. The lowest BCUT2D eigenvalue weighted by molar-refractivity contribution is -0.520. The van der Waals surface area contributed by atoms with Crippen LogP contribution in [0.15, 0.2) is 23.2 Å². The van der Waals surface area contributed by atoms with Gasteiger partial charge in [0.2, 0.25) is 0 Å². The fourth-order valence-electron chi connectivity index (χ4n) is 4.24. The zero-order valence-corrected chi connectivity index (χ0v) is 19.7. The number of ether oxygens (including phenoxy) is 1. The van der Waals surface area contributed by atoms with E-state index >= 15 is 0 Å². The molecule has 4 heterocycles. The van der Waals surface area contributed by atoms with Crippen molar-refractivity contribution in [2.24, 2.45) is 4.99 Å². The highest BCUT2D eigenvalue weighted by Crippen LogP contribution is 2.33. The van der Waals surface area contributed by atoms with Crippen molar-refractivity contribution in [2.45, 2.75) is 25.0 Å². The molecule has 4 amide bonds. The van der Waals surface area contributed by atoms with Crippen LogP contribution in [0.2, 0.25) is 5.02 Å². The normalized spacial score (nSPS) is 21.4. The number of hydrogen-bond donors (Lipinski definition) is 0. The van der Waals surface area contributed by atoms with Crippen LogP contribution in [0.3, 0.4) is 0 Å². The summed E-state index contributed by atoms with van der Waals surface area (Å²) in [6.07, 6.45) is 2.80. The average Bonchev–Trinajstić information content (AvgIpc) is 3.41. The van der Waals surface area contributed by atoms with Crippen molar-refractivity contribution in [1.29, 1.82) is 0 Å². The molecule has 2 saturated heterocycles. The van der Waals surface area contributed by atoms with E-state index in [2.05, 4.69) is 9.98 Å². The molecule has 10 nitrogen and oxygen atoms in total. The standard InChI is InChI=1S/C21H22ClN6O4S/c1-25-18-17(19(30)26(2)21(25)31)28(11-23-18)10-15(29)27-8-6-12(7-9-27)32-20-24-16-13(22)4-3-5-14(16)33-20/h3-5,11-12,17H,6-10H2,1-2H3/q+1. The number of benzene rings is 1. The number of rotatable bonds is 4. The van der Waals surface area contributed by atoms with Crippen LogP contribution >= 0.6 is 22.9 Å². The number of carbonyl (C=O) groups is 3. The zero-order chi connectivity index (χ0) is 23.3. The first kappa shape index (κ1) is 21.8. The minimum Gasteiger partial charge on any atom is -0.467 e. The molecule has 0 N–H and O–H groups in total. The van der Waals surface area contributed by atoms with E-state index in [1.807, 2.05) is 12.1 Å². The van der Waals surface area contributed by atoms with Crippen molar-refractivity contribution >= 4 is 63.2 Å². The van der Waals surface area contributed by atoms with Crippen LogP contribution in [-0.2, 0) is 9.59 Å². The number of amidine groups is 1. The summed E-state index contributed by atoms with van der Waals surface area (Å²) < 4.78 is 8.63. The third-order valence-electron chi connectivity index (χ3n) is 6.13. The number of piperidine rings is 1. The number of carbonyl (C=O) groups excluding carboxylic acids is 3. The zero-order valence-electron chi connectivity index (χ0n) is 18.1. The number of para-hydroxylation sites is 1. The molecule has 12 heteroatoms. The lowest BCUT2D eigenvalue weighted by Gasteiger charge is -2.33. The number of likely N-dealkylation sites (N-methyl/N-ethyl adjacent to an activating group) is 2. The van der Waals surface area contributed by atoms with Crippen molar-refractivity contribution in [3.63, 3.8) is 0 Å². The van der Waals surface area contributed by atoms with Gasteiger partial charge in [0, 0.05) is 40.0 Å². The number of imide groups is 1. The van der Waals surface area contributed by atoms with Gasteiger partial charge in [0.15, 0.2) is 6.54 Å². The van der Waals surface area contributed by atoms with E-state index < -0.39 is 12.1 Å². The van der Waals surface area contributed by atoms with Gasteiger partial charge < -0.3 is 9.64 Å². The van der Waals surface area contributed by atoms with Crippen LogP contribution in [0.4, 0.5) is 4.79 Å². The maximum absolute atomic E-state index is 12.9. The van der Waals surface area contributed by atoms with Gasteiger partial charge in [0.25, 0.3) is 35.2 Å². The van der Waals surface area contributed by atoms with E-state index in [0.29, 0.717) is 42.0 Å². The number of urea groups is 1. The van der Waals surface area contributed by atoms with E-state index in [1.165, 1.54) is 29.6 Å². The van der Waals surface area contributed by atoms with E-state index in [9.17, 15) is 14.4 Å². The molecule has 0 radical (unpaired) electrons. The highest BCUT2D eigenvalue weighted by Gasteiger charge is 2.51. The number of aromatic nitrogens is 1. The number of hydrogen-bond acceptors (Lipinski definition) is 7. The molecule has 3 aliphatic rings. The van der Waals surface area contributed by atoms with Gasteiger partial charge in [-0.2, -0.15) is 0 Å². The van der Waals surface area contributed by atoms with Crippen LogP contribution in [-0.4, -0.2) is 100 Å². The molecule has 1 aromatic carbocycles. The second-order valence-electron chi connectivity index (χ2n) is 8.18. The first-order valence-electron chi connectivity index (χ1n) is 10.5. The Kier molecular flexibility index (Phi) is 5.53. The van der Waals surface area contributed by atoms with E-state index in [1.54, 1.807) is 22.6 Å². The number of halogens is 1. The number of amides is 4. The average molecular weight is 490 g/mol. The van der Waals surface area contributed by atoms with Crippen molar-refractivity contribution in [2.75, 3.05) is 33.7 Å². The Bertz CT molecular complexity index is 1220. The minimum atomic E-state index is -0.756. The SMILES string of the molecule is CN1C(=O)C2C(=NC=[N+]2CC(=O)N2CCC(Oc3nc4c(Cl)cccc4s3)CC2)N(C)C1=O. The quantitative estimate of drug-likeness (QED) is 0.608. The molecule has 1 aromatic heterocycles. The Morgan fingerprint density at radius 3 is 2.73 bits per heavy atom. The molecule has 172 valence electrons. The Morgan fingerprint density at radius 2 is 2.00 bits per heavy atom. The van der Waals surface area contributed by atoms with Gasteiger partial charge in [0.05, 0.1) is 9.72 Å². The largest absolute Gasteiger partial charge is 0.467 e. The fourth-order valence-corrected chi connectivity index (χ4v) is 5.42. The molecule has 33 heavy (non-hydrogen) atoms. The predicted octanol–water partition coefficient (Wildman–Crippen LogP) is 1.66. The predicted molar refractivity (Wildman–Crippen MR) is 123 cm³/mol. The van der Waals surface area contributed by atoms with Crippen LogP contribution < -0.4 is 4.74 Å². The molecule has 2 fully saturated rings. The number of aliphatic imine (C=N–C) groups is 1. The molecule has 0 bridgehead atoms. The van der Waals surface area contributed by atoms with E-state index in [0.717, 1.165) is 15.1 Å². The summed E-state index contributed by atoms with van der Waals surface area (Å²) in [5, 5.41) is 1.18. The second-order valence-corrected chi connectivity index (χ2v) is 9.58. The Balaban J connectivity index is 1.17. The Morgan fingerprint density at radius 1 is 1.24 bits per heavy atom. The molecule has 1 unspecified atom stereocenters. The van der Waals surface area contributed by atoms with E-state index in [4.69, 9.17) is 16.3 Å². The summed E-state index contributed by atoms with van der Waals surface area (Å²) in [4.78, 5) is 50.5. The van der Waals surface area contributed by atoms with Crippen LogP contribution in [0.25, 0.3) is 10.2 Å². The molecule has 0 spiro atoms. The van der Waals surface area contributed by atoms with Gasteiger partial charge in [-0.25, -0.2) is 14.4 Å². The monoisotopic (exact) mass is 489 g/mol. The van der Waals surface area contributed by atoms with Gasteiger partial charge in [-0.3, -0.25) is 19.4 Å². The first-order chi connectivity index (χ1) is 15.8. The van der Waals surface area contributed by atoms with Crippen molar-refractivity contribution in [3.05, 3.63) is 23.2 Å². The van der Waals surface area contributed by atoms with Crippen molar-refractivity contribution in [1.82, 2.24) is 19.7 Å². The maximum atomic E-state index is 12.9. The summed E-state index contributed by atoms with van der Waals surface area (Å²) in [7, 11) is 3.00. The summed E-state index contributed by atoms with van der Waals surface area (Å²) in [6.45, 7) is 1.11. The summed E-state index contributed by atoms with van der Waals surface area (Å²) in [6, 6.07) is 4.46. The molecule has 1 atom stereocenters. The third kappa shape index (κ3) is 3.84. The van der Waals surface area contributed by atoms with Gasteiger partial charge in [-0.1, -0.05) is 29.0 Å². The highest BCUT2D eigenvalue weighted by molar-refractivity contribution is 7.20. The van der Waals surface area contributed by atoms with Crippen LogP contribution in [0.5, 0.6) is 5.19 Å². The fraction of sp³-hybridized carbons (Fsp3) is 0.429. The Hall–Kier alpha value is -3.05. The molecular formula is C21H22ClN6O4S+. The van der Waals surface area contributed by atoms with Crippen molar-refractivity contribution < 1.29 is 23.7 Å². The Labute approximate surface area is 198 Å². The van der Waals surface area contributed by atoms with Gasteiger partial charge in [-0.15, -0.1) is 0 Å². The summed E-state index contributed by atoms with van der Waals surface area (Å²) >= 11 is 7.66. The molecule has 2 aromatic rings. The minimum absolute atomic E-state index is 0.0150. The van der Waals surface area contributed by atoms with Crippen molar-refractivity contribution in [3.8, 4) is 5.19 Å². The third-order valence-corrected chi connectivity index (χ3v) is 7.34. The lowest BCUT2D eigenvalue weighted by Crippen LogP contribution is -2.62. The number of likely N-dealkylation sites (tertiary alicyclic amines) is 1. The maximum Gasteiger partial charge on any atom is 0.333 e. The number of nitrogens with zero attached hydrogens (tertiary/aromatic N) is 6.